The minimum Gasteiger partial charge on any atom is -0.475 e. The smallest absolute Gasteiger partial charge is 0.475 e. The van der Waals surface area contributed by atoms with E-state index in [9.17, 15) is 27.9 Å². The summed E-state index contributed by atoms with van der Waals surface area (Å²) in [6.45, 7) is 3.44. The Bertz CT molecular complexity index is 1700. The van der Waals surface area contributed by atoms with E-state index in [1.165, 1.54) is 24.2 Å². The molecule has 1 saturated heterocycles. The van der Waals surface area contributed by atoms with Gasteiger partial charge in [0, 0.05) is 29.7 Å². The molecule has 10 nitrogen and oxygen atoms in total. The first-order valence-electron chi connectivity index (χ1n) is 15.0. The van der Waals surface area contributed by atoms with E-state index in [1.807, 2.05) is 48.5 Å². The molecule has 0 bridgehead atoms. The number of carbonyl (C=O) groups is 3. The monoisotopic (exact) mass is 637 g/mol. The van der Waals surface area contributed by atoms with Gasteiger partial charge in [0.1, 0.15) is 0 Å². The molecule has 4 aromatic rings. The number of carboxylic acid groups (broad SMARTS) is 1. The number of fused-ring (bicyclic) bond motifs is 2. The number of piperidine rings is 1. The summed E-state index contributed by atoms with van der Waals surface area (Å²) in [4.78, 5) is 46.6. The number of likely N-dealkylation sites (tertiary alicyclic amines) is 1. The molecule has 46 heavy (non-hydrogen) atoms. The first-order chi connectivity index (χ1) is 22.0. The van der Waals surface area contributed by atoms with Crippen molar-refractivity contribution in [2.75, 3.05) is 25.0 Å². The number of amides is 2. The number of hydrogen-bond donors (Lipinski definition) is 4. The van der Waals surface area contributed by atoms with Crippen LogP contribution in [0.4, 0.5) is 19.1 Å². The van der Waals surface area contributed by atoms with Crippen molar-refractivity contribution < 1.29 is 37.8 Å². The number of hydrogen-bond acceptors (Lipinski definition) is 6. The molecule has 0 spiro atoms. The minimum absolute atomic E-state index is 0.0747. The summed E-state index contributed by atoms with van der Waals surface area (Å²) in [5.41, 5.74) is 2.18. The summed E-state index contributed by atoms with van der Waals surface area (Å²) >= 11 is 0. The standard InChI is InChI=1S/C31H33N5O3.C2HF3O2/c37-28(14-9-19-35-17-7-2-8-18-35)34-30-32-26-16-15-23(20-27(26)33-30)31(39)25-13-6-5-12-24(25)29(38)36(31)21-22-10-3-1-4-11-22;3-2(4,5)1(6)7/h1,3-6,10-13,15-16,20,39H,2,7-9,14,17-19,21H2,(H2,32,33,34,37);(H,6,7). The lowest BCUT2D eigenvalue weighted by Gasteiger charge is -2.35. The molecule has 1 aromatic heterocycles. The lowest BCUT2D eigenvalue weighted by atomic mass is 9.93. The summed E-state index contributed by atoms with van der Waals surface area (Å²) < 4.78 is 31.7. The van der Waals surface area contributed by atoms with Crippen LogP contribution in [0.15, 0.2) is 72.8 Å². The largest absolute Gasteiger partial charge is 0.490 e. The van der Waals surface area contributed by atoms with Crippen LogP contribution < -0.4 is 5.32 Å². The average molecular weight is 638 g/mol. The maximum atomic E-state index is 13.5. The highest BCUT2D eigenvalue weighted by Gasteiger charge is 2.49. The number of alkyl halides is 3. The molecular formula is C33H34F3N5O5. The molecule has 0 radical (unpaired) electrons. The Hall–Kier alpha value is -4.75. The Morgan fingerprint density at radius 2 is 1.65 bits per heavy atom. The molecule has 13 heteroatoms. The highest BCUT2D eigenvalue weighted by molar-refractivity contribution is 6.00. The van der Waals surface area contributed by atoms with Crippen molar-refractivity contribution in [2.45, 2.75) is 50.6 Å². The summed E-state index contributed by atoms with van der Waals surface area (Å²) in [6.07, 6.45) is -0.0477. The van der Waals surface area contributed by atoms with E-state index >= 15 is 0 Å². The van der Waals surface area contributed by atoms with Gasteiger partial charge in [0.25, 0.3) is 5.91 Å². The Morgan fingerprint density at radius 3 is 2.35 bits per heavy atom. The van der Waals surface area contributed by atoms with E-state index in [0.717, 1.165) is 31.6 Å². The number of carbonyl (C=O) groups excluding carboxylic acids is 2. The van der Waals surface area contributed by atoms with Gasteiger partial charge in [-0.05, 0) is 62.7 Å². The number of nitrogens with zero attached hydrogens (tertiary/aromatic N) is 3. The number of aliphatic carboxylic acids is 1. The van der Waals surface area contributed by atoms with Crippen LogP contribution >= 0.6 is 0 Å². The summed E-state index contributed by atoms with van der Waals surface area (Å²) in [7, 11) is 0. The van der Waals surface area contributed by atoms with Crippen LogP contribution in [0.5, 0.6) is 0 Å². The average Bonchev–Trinajstić information content (AvgIpc) is 3.54. The molecule has 3 heterocycles. The van der Waals surface area contributed by atoms with Gasteiger partial charge < -0.3 is 20.1 Å². The van der Waals surface area contributed by atoms with Crippen LogP contribution in [-0.4, -0.2) is 73.6 Å². The maximum absolute atomic E-state index is 13.5. The van der Waals surface area contributed by atoms with Crippen molar-refractivity contribution in [2.24, 2.45) is 0 Å². The van der Waals surface area contributed by atoms with E-state index in [0.29, 0.717) is 40.1 Å². The van der Waals surface area contributed by atoms with Gasteiger partial charge in [-0.25, -0.2) is 9.78 Å². The van der Waals surface area contributed by atoms with E-state index < -0.39 is 17.9 Å². The van der Waals surface area contributed by atoms with Crippen molar-refractivity contribution in [3.8, 4) is 0 Å². The predicted octanol–water partition coefficient (Wildman–Crippen LogP) is 5.25. The molecule has 242 valence electrons. The molecular weight excluding hydrogens is 603 g/mol. The van der Waals surface area contributed by atoms with Crippen LogP contribution in [0.2, 0.25) is 0 Å². The van der Waals surface area contributed by atoms with Crippen molar-refractivity contribution in [3.05, 3.63) is 95.1 Å². The number of carboxylic acids is 1. The molecule has 6 rings (SSSR count). The fourth-order valence-electron chi connectivity index (χ4n) is 5.80. The number of nitrogens with one attached hydrogen (secondary N) is 2. The number of rotatable bonds is 8. The Labute approximate surface area is 262 Å². The second-order valence-electron chi connectivity index (χ2n) is 11.3. The normalized spacial score (nSPS) is 18.2. The van der Waals surface area contributed by atoms with Crippen LogP contribution in [0.25, 0.3) is 11.0 Å². The van der Waals surface area contributed by atoms with Crippen LogP contribution in [-0.2, 0) is 21.9 Å². The number of H-pyrrole nitrogens is 1. The number of halogens is 3. The molecule has 1 atom stereocenters. The van der Waals surface area contributed by atoms with Gasteiger partial charge >= 0.3 is 12.1 Å². The molecule has 0 aliphatic carbocycles. The van der Waals surface area contributed by atoms with Gasteiger partial charge in [-0.3, -0.25) is 19.8 Å². The van der Waals surface area contributed by atoms with E-state index in [4.69, 9.17) is 9.90 Å². The number of aromatic amines is 1. The minimum atomic E-state index is -5.08. The highest BCUT2D eigenvalue weighted by Crippen LogP contribution is 2.43. The summed E-state index contributed by atoms with van der Waals surface area (Å²) in [5.74, 6) is -2.68. The SMILES string of the molecule is O=C(CCCN1CCCCC1)Nc1nc2ccc(C3(O)c4ccccc4C(=O)N3Cc3ccccc3)cc2[nH]1.O=C(O)C(F)(F)F. The summed E-state index contributed by atoms with van der Waals surface area (Å²) in [6, 6.07) is 22.2. The molecule has 4 N–H and O–H groups in total. The van der Waals surface area contributed by atoms with Gasteiger partial charge in [0.15, 0.2) is 5.72 Å². The Kier molecular flexibility index (Phi) is 9.73. The fourth-order valence-corrected chi connectivity index (χ4v) is 5.80. The van der Waals surface area contributed by atoms with Crippen molar-refractivity contribution >= 4 is 34.8 Å². The molecule has 1 unspecified atom stereocenters. The molecule has 2 amide bonds. The van der Waals surface area contributed by atoms with Crippen molar-refractivity contribution in [3.63, 3.8) is 0 Å². The van der Waals surface area contributed by atoms with Crippen LogP contribution in [0.3, 0.4) is 0 Å². The Morgan fingerprint density at radius 1 is 0.978 bits per heavy atom. The number of imidazole rings is 1. The molecule has 1 fully saturated rings. The lowest BCUT2D eigenvalue weighted by Crippen LogP contribution is -2.44. The molecule has 2 aliphatic rings. The zero-order valence-corrected chi connectivity index (χ0v) is 24.9. The van der Waals surface area contributed by atoms with E-state index in [2.05, 4.69) is 20.2 Å². The zero-order chi connectivity index (χ0) is 32.9. The van der Waals surface area contributed by atoms with Crippen molar-refractivity contribution in [1.29, 1.82) is 0 Å². The van der Waals surface area contributed by atoms with Crippen molar-refractivity contribution in [1.82, 2.24) is 19.8 Å². The van der Waals surface area contributed by atoms with Gasteiger partial charge in [-0.2, -0.15) is 13.2 Å². The molecule has 2 aliphatic heterocycles. The quantitative estimate of drug-likeness (QED) is 0.207. The second kappa shape index (κ2) is 13.7. The number of aromatic nitrogens is 2. The summed E-state index contributed by atoms with van der Waals surface area (Å²) in [5, 5.41) is 22.2. The van der Waals surface area contributed by atoms with Crippen LogP contribution in [0.1, 0.15) is 59.2 Å². The third-order valence-corrected chi connectivity index (χ3v) is 8.06. The van der Waals surface area contributed by atoms with Gasteiger partial charge in [-0.1, -0.05) is 61.0 Å². The first-order valence-corrected chi connectivity index (χ1v) is 15.0. The highest BCUT2D eigenvalue weighted by atomic mass is 19.4. The predicted molar refractivity (Wildman–Crippen MR) is 164 cm³/mol. The number of benzene rings is 3. The number of aliphatic hydroxyl groups is 1. The molecule has 0 saturated carbocycles. The maximum Gasteiger partial charge on any atom is 0.490 e. The Balaban J connectivity index is 0.000000537. The third kappa shape index (κ3) is 7.21. The topological polar surface area (TPSA) is 139 Å². The van der Waals surface area contributed by atoms with Gasteiger partial charge in [-0.15, -0.1) is 0 Å². The first kappa shape index (κ1) is 32.6. The van der Waals surface area contributed by atoms with Gasteiger partial charge in [0.2, 0.25) is 11.9 Å². The lowest BCUT2D eigenvalue weighted by molar-refractivity contribution is -0.192. The van der Waals surface area contributed by atoms with E-state index in [-0.39, 0.29) is 18.4 Å². The van der Waals surface area contributed by atoms with Crippen LogP contribution in [0, 0.1) is 0 Å². The number of anilines is 1. The molecule has 3 aromatic carbocycles. The second-order valence-corrected chi connectivity index (χ2v) is 11.3. The third-order valence-electron chi connectivity index (χ3n) is 8.06. The fraction of sp³-hybridized carbons (Fsp3) is 0.333. The van der Waals surface area contributed by atoms with Gasteiger partial charge in [0.05, 0.1) is 11.0 Å². The van der Waals surface area contributed by atoms with E-state index in [1.54, 1.807) is 24.3 Å². The zero-order valence-electron chi connectivity index (χ0n) is 24.9.